The van der Waals surface area contributed by atoms with Crippen molar-refractivity contribution in [3.63, 3.8) is 0 Å². The Hall–Kier alpha value is -2.42. The zero-order chi connectivity index (χ0) is 18.7. The van der Waals surface area contributed by atoms with Crippen LogP contribution in [0.25, 0.3) is 0 Å². The quantitative estimate of drug-likeness (QED) is 0.774. The van der Waals surface area contributed by atoms with E-state index >= 15 is 0 Å². The second-order valence-corrected chi connectivity index (χ2v) is 8.25. The van der Waals surface area contributed by atoms with Gasteiger partial charge in [-0.25, -0.2) is 8.42 Å². The molecule has 8 nitrogen and oxygen atoms in total. The summed E-state index contributed by atoms with van der Waals surface area (Å²) in [6, 6.07) is 7.44. The van der Waals surface area contributed by atoms with E-state index in [4.69, 9.17) is 9.15 Å². The van der Waals surface area contributed by atoms with E-state index in [1.54, 1.807) is 7.11 Å². The van der Waals surface area contributed by atoms with Crippen LogP contribution in [0, 0.1) is 0 Å². The number of amides is 1. The van der Waals surface area contributed by atoms with E-state index in [9.17, 15) is 13.2 Å². The fourth-order valence-electron chi connectivity index (χ4n) is 2.94. The molecule has 2 heterocycles. The molecule has 1 saturated heterocycles. The standard InChI is InChI=1S/C17H21N3O5S/c1-24-14-5-3-12(4-6-14)11-15(21)20-9-7-13(8-10-20)16-18-19-17(25-16)26(2,22)23/h3-6,13H,7-11H2,1-2H3. The number of piperidine rings is 1. The molecule has 1 amide bonds. The Labute approximate surface area is 152 Å². The van der Waals surface area contributed by atoms with Gasteiger partial charge >= 0.3 is 5.22 Å². The maximum absolute atomic E-state index is 12.5. The number of benzene rings is 1. The van der Waals surface area contributed by atoms with Crippen molar-refractivity contribution in [2.45, 2.75) is 30.4 Å². The predicted octanol–water partition coefficient (Wildman–Crippen LogP) is 1.43. The van der Waals surface area contributed by atoms with E-state index in [0.717, 1.165) is 17.6 Å². The average molecular weight is 379 g/mol. The van der Waals surface area contributed by atoms with Gasteiger partial charge in [-0.2, -0.15) is 0 Å². The van der Waals surface area contributed by atoms with E-state index in [2.05, 4.69) is 10.2 Å². The van der Waals surface area contributed by atoms with Gasteiger partial charge in [0.25, 0.3) is 0 Å². The van der Waals surface area contributed by atoms with Gasteiger partial charge < -0.3 is 14.1 Å². The van der Waals surface area contributed by atoms with Crippen LogP contribution in [0.1, 0.15) is 30.2 Å². The maximum atomic E-state index is 12.5. The second-order valence-electron chi connectivity index (χ2n) is 6.36. The minimum absolute atomic E-state index is 0.0250. The van der Waals surface area contributed by atoms with Crippen LogP contribution in [0.5, 0.6) is 5.75 Å². The molecule has 0 radical (unpaired) electrons. The SMILES string of the molecule is COc1ccc(CC(=O)N2CCC(c3nnc(S(C)(=O)=O)o3)CC2)cc1. The van der Waals surface area contributed by atoms with Crippen molar-refractivity contribution in [1.29, 1.82) is 0 Å². The molecule has 3 rings (SSSR count). The van der Waals surface area contributed by atoms with Crippen LogP contribution in [0.15, 0.2) is 33.9 Å². The van der Waals surface area contributed by atoms with E-state index in [1.165, 1.54) is 0 Å². The molecular formula is C17H21N3O5S. The number of hydrogen-bond donors (Lipinski definition) is 0. The van der Waals surface area contributed by atoms with Gasteiger partial charge in [-0.05, 0) is 30.5 Å². The summed E-state index contributed by atoms with van der Waals surface area (Å²) in [4.78, 5) is 14.3. The van der Waals surface area contributed by atoms with Crippen LogP contribution >= 0.6 is 0 Å². The highest BCUT2D eigenvalue weighted by molar-refractivity contribution is 7.90. The van der Waals surface area contributed by atoms with Crippen molar-refractivity contribution in [1.82, 2.24) is 15.1 Å². The Morgan fingerprint density at radius 1 is 1.23 bits per heavy atom. The van der Waals surface area contributed by atoms with E-state index in [-0.39, 0.29) is 17.0 Å². The molecule has 1 aliphatic rings. The lowest BCUT2D eigenvalue weighted by Crippen LogP contribution is -2.38. The Kier molecular flexibility index (Phi) is 5.26. The van der Waals surface area contributed by atoms with Crippen LogP contribution < -0.4 is 4.74 Å². The Balaban J connectivity index is 1.55. The normalized spacial score (nSPS) is 15.8. The summed E-state index contributed by atoms with van der Waals surface area (Å²) in [5.41, 5.74) is 0.938. The average Bonchev–Trinajstić information content (AvgIpc) is 3.13. The van der Waals surface area contributed by atoms with Gasteiger partial charge in [-0.15, -0.1) is 5.10 Å². The molecule has 1 aliphatic heterocycles. The summed E-state index contributed by atoms with van der Waals surface area (Å²) in [6.45, 7) is 1.16. The highest BCUT2D eigenvalue weighted by Gasteiger charge is 2.28. The number of rotatable bonds is 5. The number of nitrogens with zero attached hydrogens (tertiary/aromatic N) is 3. The molecule has 0 atom stereocenters. The largest absolute Gasteiger partial charge is 0.497 e. The first-order chi connectivity index (χ1) is 12.4. The molecular weight excluding hydrogens is 358 g/mol. The van der Waals surface area contributed by atoms with Crippen LogP contribution in [-0.2, 0) is 21.1 Å². The summed E-state index contributed by atoms with van der Waals surface area (Å²) in [5.74, 6) is 1.13. The molecule has 1 aromatic carbocycles. The number of aromatic nitrogens is 2. The highest BCUT2D eigenvalue weighted by Crippen LogP contribution is 2.28. The van der Waals surface area contributed by atoms with Crippen molar-refractivity contribution in [2.24, 2.45) is 0 Å². The zero-order valence-corrected chi connectivity index (χ0v) is 15.5. The smallest absolute Gasteiger partial charge is 0.335 e. The van der Waals surface area contributed by atoms with Crippen molar-refractivity contribution in [3.8, 4) is 5.75 Å². The third kappa shape index (κ3) is 4.21. The molecule has 140 valence electrons. The fourth-order valence-corrected chi connectivity index (χ4v) is 3.37. The van der Waals surface area contributed by atoms with Gasteiger partial charge in [0.1, 0.15) is 5.75 Å². The lowest BCUT2D eigenvalue weighted by Gasteiger charge is -2.30. The Morgan fingerprint density at radius 2 is 1.88 bits per heavy atom. The Morgan fingerprint density at radius 3 is 2.42 bits per heavy atom. The molecule has 0 unspecified atom stereocenters. The molecule has 0 aliphatic carbocycles. The van der Waals surface area contributed by atoms with E-state index in [1.807, 2.05) is 29.2 Å². The van der Waals surface area contributed by atoms with Gasteiger partial charge in [-0.1, -0.05) is 17.2 Å². The molecule has 0 spiro atoms. The Bertz CT molecular complexity index is 868. The van der Waals surface area contributed by atoms with Gasteiger partial charge in [0.05, 0.1) is 13.5 Å². The molecule has 1 fully saturated rings. The number of carbonyl (C=O) groups is 1. The summed E-state index contributed by atoms with van der Waals surface area (Å²) >= 11 is 0. The van der Waals surface area contributed by atoms with Crippen LogP contribution in [-0.4, -0.2) is 55.9 Å². The minimum Gasteiger partial charge on any atom is -0.497 e. The predicted molar refractivity (Wildman–Crippen MR) is 92.7 cm³/mol. The van der Waals surface area contributed by atoms with Gasteiger partial charge in [-0.3, -0.25) is 4.79 Å². The van der Waals surface area contributed by atoms with Crippen molar-refractivity contribution in [2.75, 3.05) is 26.5 Å². The number of hydrogen-bond acceptors (Lipinski definition) is 7. The third-order valence-corrected chi connectivity index (χ3v) is 5.25. The molecule has 2 aromatic rings. The maximum Gasteiger partial charge on any atom is 0.335 e. The molecule has 0 N–H and O–H groups in total. The second kappa shape index (κ2) is 7.45. The summed E-state index contributed by atoms with van der Waals surface area (Å²) in [5, 5.41) is 7.08. The van der Waals surface area contributed by atoms with E-state index in [0.29, 0.717) is 38.2 Å². The highest BCUT2D eigenvalue weighted by atomic mass is 32.2. The van der Waals surface area contributed by atoms with Gasteiger partial charge in [0.15, 0.2) is 0 Å². The molecule has 26 heavy (non-hydrogen) atoms. The number of ether oxygens (including phenoxy) is 1. The first-order valence-electron chi connectivity index (χ1n) is 8.31. The monoisotopic (exact) mass is 379 g/mol. The lowest BCUT2D eigenvalue weighted by molar-refractivity contribution is -0.131. The minimum atomic E-state index is -3.50. The van der Waals surface area contributed by atoms with Crippen LogP contribution in [0.2, 0.25) is 0 Å². The summed E-state index contributed by atoms with van der Waals surface area (Å²) in [7, 11) is -1.89. The fraction of sp³-hybridized carbons (Fsp3) is 0.471. The molecule has 0 bridgehead atoms. The van der Waals surface area contributed by atoms with Crippen LogP contribution in [0.3, 0.4) is 0 Å². The lowest BCUT2D eigenvalue weighted by atomic mass is 9.96. The first-order valence-corrected chi connectivity index (χ1v) is 10.2. The number of sulfone groups is 1. The third-order valence-electron chi connectivity index (χ3n) is 4.45. The van der Waals surface area contributed by atoms with Crippen LogP contribution in [0.4, 0.5) is 0 Å². The number of methoxy groups -OCH3 is 1. The van der Waals surface area contributed by atoms with Crippen molar-refractivity contribution in [3.05, 3.63) is 35.7 Å². The molecule has 0 saturated carbocycles. The number of likely N-dealkylation sites (tertiary alicyclic amines) is 1. The summed E-state index contributed by atoms with van der Waals surface area (Å²) in [6.07, 6.45) is 2.71. The van der Waals surface area contributed by atoms with Crippen molar-refractivity contribution >= 4 is 15.7 Å². The molecule has 9 heteroatoms. The first kappa shape index (κ1) is 18.4. The zero-order valence-electron chi connectivity index (χ0n) is 14.7. The van der Waals surface area contributed by atoms with Gasteiger partial charge in [0.2, 0.25) is 21.6 Å². The molecule has 1 aromatic heterocycles. The topological polar surface area (TPSA) is 103 Å². The van der Waals surface area contributed by atoms with Gasteiger partial charge in [0, 0.05) is 25.3 Å². The van der Waals surface area contributed by atoms with Crippen molar-refractivity contribution < 1.29 is 22.4 Å². The number of carbonyl (C=O) groups excluding carboxylic acids is 1. The summed E-state index contributed by atoms with van der Waals surface area (Å²) < 4.78 is 33.2. The van der Waals surface area contributed by atoms with E-state index < -0.39 is 9.84 Å².